The van der Waals surface area contributed by atoms with E-state index >= 15 is 0 Å². The number of para-hydroxylation sites is 1. The maximum atomic E-state index is 12.1. The lowest BCUT2D eigenvalue weighted by atomic mass is 10.1. The fraction of sp³-hybridized carbons (Fsp3) is 0.579. The number of benzene rings is 1. The Hall–Kier alpha value is -1.84. The van der Waals surface area contributed by atoms with Crippen LogP contribution in [-0.2, 0) is 9.53 Å². The lowest BCUT2D eigenvalue weighted by Crippen LogP contribution is -2.13. The van der Waals surface area contributed by atoms with Gasteiger partial charge in [0.05, 0.1) is 17.9 Å². The number of amides is 1. The molecule has 4 heteroatoms. The first-order chi connectivity index (χ1) is 11.1. The molecule has 4 nitrogen and oxygen atoms in total. The second kappa shape index (κ2) is 11.7. The number of carbonyl (C=O) groups is 2. The molecule has 0 saturated carbocycles. The minimum Gasteiger partial charge on any atom is -0.462 e. The lowest BCUT2D eigenvalue weighted by molar-refractivity contribution is -0.114. The van der Waals surface area contributed by atoms with Gasteiger partial charge in [-0.25, -0.2) is 4.79 Å². The second-order valence-electron chi connectivity index (χ2n) is 5.84. The van der Waals surface area contributed by atoms with Crippen molar-refractivity contribution >= 4 is 17.6 Å². The maximum absolute atomic E-state index is 12.1. The van der Waals surface area contributed by atoms with Gasteiger partial charge in [0.15, 0.2) is 0 Å². The Balaban J connectivity index is 2.23. The third-order valence-electron chi connectivity index (χ3n) is 3.69. The first-order valence-corrected chi connectivity index (χ1v) is 8.69. The fourth-order valence-corrected chi connectivity index (χ4v) is 2.44. The van der Waals surface area contributed by atoms with Crippen LogP contribution in [-0.4, -0.2) is 18.5 Å². The van der Waals surface area contributed by atoms with E-state index in [2.05, 4.69) is 12.2 Å². The van der Waals surface area contributed by atoms with Gasteiger partial charge in [-0.15, -0.1) is 0 Å². The van der Waals surface area contributed by atoms with Crippen molar-refractivity contribution in [2.24, 2.45) is 0 Å². The van der Waals surface area contributed by atoms with Crippen molar-refractivity contribution in [1.29, 1.82) is 0 Å². The van der Waals surface area contributed by atoms with Crippen molar-refractivity contribution in [3.05, 3.63) is 29.8 Å². The molecule has 1 aromatic carbocycles. The molecule has 1 amide bonds. The van der Waals surface area contributed by atoms with Crippen molar-refractivity contribution in [3.8, 4) is 0 Å². The molecule has 1 aromatic rings. The van der Waals surface area contributed by atoms with E-state index in [4.69, 9.17) is 4.74 Å². The van der Waals surface area contributed by atoms with E-state index < -0.39 is 0 Å². The quantitative estimate of drug-likeness (QED) is 0.464. The zero-order valence-electron chi connectivity index (χ0n) is 14.4. The fourth-order valence-electron chi connectivity index (χ4n) is 2.44. The SMILES string of the molecule is CCCCCCCCCCOC(=O)c1ccccc1NC(C)=O. The Morgan fingerprint density at radius 1 is 0.957 bits per heavy atom. The predicted octanol–water partition coefficient (Wildman–Crippen LogP) is 4.94. The number of anilines is 1. The standard InChI is InChI=1S/C19H29NO3/c1-3-4-5-6-7-8-9-12-15-23-19(22)17-13-10-11-14-18(17)20-16(2)21/h10-11,13-14H,3-9,12,15H2,1-2H3,(H,20,21). The third kappa shape index (κ3) is 8.38. The van der Waals surface area contributed by atoms with E-state index in [1.807, 2.05) is 0 Å². The Morgan fingerprint density at radius 3 is 2.22 bits per heavy atom. The van der Waals surface area contributed by atoms with E-state index in [0.717, 1.165) is 12.8 Å². The highest BCUT2D eigenvalue weighted by atomic mass is 16.5. The summed E-state index contributed by atoms with van der Waals surface area (Å²) in [5.41, 5.74) is 0.906. The van der Waals surface area contributed by atoms with Crippen molar-refractivity contribution in [2.45, 2.75) is 65.2 Å². The Bertz CT molecular complexity index is 485. The van der Waals surface area contributed by atoms with Gasteiger partial charge < -0.3 is 10.1 Å². The van der Waals surface area contributed by atoms with Gasteiger partial charge in [0.25, 0.3) is 0 Å². The van der Waals surface area contributed by atoms with Crippen LogP contribution in [0.5, 0.6) is 0 Å². The highest BCUT2D eigenvalue weighted by Crippen LogP contribution is 2.16. The highest BCUT2D eigenvalue weighted by molar-refractivity contribution is 6.00. The molecule has 0 bridgehead atoms. The van der Waals surface area contributed by atoms with Crippen LogP contribution in [0.4, 0.5) is 5.69 Å². The number of ether oxygens (including phenoxy) is 1. The Labute approximate surface area is 139 Å². The van der Waals surface area contributed by atoms with Gasteiger partial charge in [-0.1, -0.05) is 64.0 Å². The predicted molar refractivity (Wildman–Crippen MR) is 93.6 cm³/mol. The molecule has 128 valence electrons. The normalized spacial score (nSPS) is 10.3. The van der Waals surface area contributed by atoms with E-state index in [9.17, 15) is 9.59 Å². The minimum atomic E-state index is -0.378. The number of unbranched alkanes of at least 4 members (excludes halogenated alkanes) is 7. The van der Waals surface area contributed by atoms with Gasteiger partial charge in [0.1, 0.15) is 0 Å². The number of esters is 1. The summed E-state index contributed by atoms with van der Waals surface area (Å²) in [6.45, 7) is 4.07. The van der Waals surface area contributed by atoms with Crippen molar-refractivity contribution in [1.82, 2.24) is 0 Å². The van der Waals surface area contributed by atoms with Gasteiger partial charge >= 0.3 is 5.97 Å². The molecular weight excluding hydrogens is 290 g/mol. The summed E-state index contributed by atoms with van der Waals surface area (Å²) in [5.74, 6) is -0.578. The van der Waals surface area contributed by atoms with E-state index in [0.29, 0.717) is 17.9 Å². The summed E-state index contributed by atoms with van der Waals surface area (Å²) in [5, 5.41) is 2.65. The van der Waals surface area contributed by atoms with Crippen LogP contribution in [0.3, 0.4) is 0 Å². The number of carbonyl (C=O) groups excluding carboxylic acids is 2. The molecule has 23 heavy (non-hydrogen) atoms. The average Bonchev–Trinajstić information content (AvgIpc) is 2.53. The van der Waals surface area contributed by atoms with E-state index in [1.54, 1.807) is 24.3 Å². The van der Waals surface area contributed by atoms with Crippen LogP contribution in [0.1, 0.15) is 75.6 Å². The monoisotopic (exact) mass is 319 g/mol. The number of nitrogens with one attached hydrogen (secondary N) is 1. The Morgan fingerprint density at radius 2 is 1.57 bits per heavy atom. The van der Waals surface area contributed by atoms with Crippen molar-refractivity contribution in [2.75, 3.05) is 11.9 Å². The third-order valence-corrected chi connectivity index (χ3v) is 3.69. The summed E-state index contributed by atoms with van der Waals surface area (Å²) < 4.78 is 5.31. The van der Waals surface area contributed by atoms with Crippen LogP contribution in [0.2, 0.25) is 0 Å². The topological polar surface area (TPSA) is 55.4 Å². The second-order valence-corrected chi connectivity index (χ2v) is 5.84. The highest BCUT2D eigenvalue weighted by Gasteiger charge is 2.12. The van der Waals surface area contributed by atoms with Crippen LogP contribution < -0.4 is 5.32 Å². The average molecular weight is 319 g/mol. The minimum absolute atomic E-state index is 0.201. The molecule has 0 unspecified atom stereocenters. The van der Waals surface area contributed by atoms with Crippen LogP contribution in [0, 0.1) is 0 Å². The Kier molecular flexibility index (Phi) is 9.76. The number of hydrogen-bond acceptors (Lipinski definition) is 3. The van der Waals surface area contributed by atoms with E-state index in [1.165, 1.54) is 45.4 Å². The van der Waals surface area contributed by atoms with Crippen LogP contribution >= 0.6 is 0 Å². The van der Waals surface area contributed by atoms with Crippen molar-refractivity contribution < 1.29 is 14.3 Å². The van der Waals surface area contributed by atoms with Gasteiger partial charge in [0.2, 0.25) is 5.91 Å². The molecule has 0 saturated heterocycles. The van der Waals surface area contributed by atoms with E-state index in [-0.39, 0.29) is 11.9 Å². The molecule has 0 spiro atoms. The summed E-state index contributed by atoms with van der Waals surface area (Å²) in [6.07, 6.45) is 9.67. The zero-order chi connectivity index (χ0) is 16.9. The van der Waals surface area contributed by atoms with Gasteiger partial charge in [-0.3, -0.25) is 4.79 Å². The number of hydrogen-bond donors (Lipinski definition) is 1. The molecule has 0 aliphatic carbocycles. The molecule has 0 aromatic heterocycles. The molecule has 0 atom stereocenters. The molecule has 1 rings (SSSR count). The molecule has 1 N–H and O–H groups in total. The van der Waals surface area contributed by atoms with Gasteiger partial charge in [-0.2, -0.15) is 0 Å². The largest absolute Gasteiger partial charge is 0.462 e. The summed E-state index contributed by atoms with van der Waals surface area (Å²) in [4.78, 5) is 23.2. The summed E-state index contributed by atoms with van der Waals surface area (Å²) in [7, 11) is 0. The smallest absolute Gasteiger partial charge is 0.340 e. The molecule has 0 aliphatic rings. The van der Waals surface area contributed by atoms with Crippen molar-refractivity contribution in [3.63, 3.8) is 0 Å². The summed E-state index contributed by atoms with van der Waals surface area (Å²) >= 11 is 0. The van der Waals surface area contributed by atoms with Crippen LogP contribution in [0.15, 0.2) is 24.3 Å². The van der Waals surface area contributed by atoms with Gasteiger partial charge in [0, 0.05) is 6.92 Å². The first-order valence-electron chi connectivity index (χ1n) is 8.69. The number of rotatable bonds is 11. The van der Waals surface area contributed by atoms with Crippen LogP contribution in [0.25, 0.3) is 0 Å². The molecule has 0 fully saturated rings. The molecule has 0 aliphatic heterocycles. The zero-order valence-corrected chi connectivity index (χ0v) is 14.4. The molecule has 0 heterocycles. The first kappa shape index (κ1) is 19.2. The molecular formula is C19H29NO3. The maximum Gasteiger partial charge on any atom is 0.340 e. The van der Waals surface area contributed by atoms with Gasteiger partial charge in [-0.05, 0) is 18.6 Å². The molecule has 0 radical (unpaired) electrons. The lowest BCUT2D eigenvalue weighted by Gasteiger charge is -2.09. The summed E-state index contributed by atoms with van der Waals surface area (Å²) in [6, 6.07) is 6.91.